The first kappa shape index (κ1) is 12.8. The molecule has 0 unspecified atom stereocenters. The van der Waals surface area contributed by atoms with Gasteiger partial charge in [-0.05, 0) is 46.7 Å². The summed E-state index contributed by atoms with van der Waals surface area (Å²) >= 11 is 1.71. The monoisotopic (exact) mass is 281 g/mol. The van der Waals surface area contributed by atoms with Gasteiger partial charge in [-0.1, -0.05) is 30.3 Å². The van der Waals surface area contributed by atoms with E-state index in [2.05, 4.69) is 22.1 Å². The Morgan fingerprint density at radius 3 is 2.50 bits per heavy atom. The van der Waals surface area contributed by atoms with E-state index in [-0.39, 0.29) is 0 Å². The molecule has 3 aromatic rings. The molecule has 0 amide bonds. The maximum Gasteiger partial charge on any atom is 0.150 e. The van der Waals surface area contributed by atoms with Crippen LogP contribution in [0.2, 0.25) is 0 Å². The smallest absolute Gasteiger partial charge is 0.150 e. The van der Waals surface area contributed by atoms with Crippen molar-refractivity contribution in [2.45, 2.75) is 6.54 Å². The molecule has 0 saturated heterocycles. The molecule has 0 saturated carbocycles. The number of thiophene rings is 1. The summed E-state index contributed by atoms with van der Waals surface area (Å²) in [5.41, 5.74) is 2.28. The molecule has 1 N–H and O–H groups in total. The number of hydrogen-bond donors (Lipinski definition) is 1. The van der Waals surface area contributed by atoms with Gasteiger partial charge in [0.15, 0.2) is 5.75 Å². The van der Waals surface area contributed by atoms with Crippen LogP contribution in [0.1, 0.15) is 5.56 Å². The van der Waals surface area contributed by atoms with Gasteiger partial charge in [-0.15, -0.1) is 0 Å². The highest BCUT2D eigenvalue weighted by Gasteiger charge is 2.04. The Bertz CT molecular complexity index is 650. The second-order valence-corrected chi connectivity index (χ2v) is 5.18. The van der Waals surface area contributed by atoms with Crippen molar-refractivity contribution in [3.05, 3.63) is 77.0 Å². The number of hydrogen-bond acceptors (Lipinski definition) is 3. The van der Waals surface area contributed by atoms with Gasteiger partial charge in [0.1, 0.15) is 5.75 Å². The highest BCUT2D eigenvalue weighted by molar-refractivity contribution is 7.07. The van der Waals surface area contributed by atoms with Crippen LogP contribution in [-0.2, 0) is 6.54 Å². The molecule has 0 radical (unpaired) electrons. The minimum atomic E-state index is 0.804. The Labute approximate surface area is 122 Å². The van der Waals surface area contributed by atoms with Crippen LogP contribution in [0.4, 0.5) is 5.69 Å². The zero-order chi connectivity index (χ0) is 13.6. The van der Waals surface area contributed by atoms with E-state index in [0.717, 1.165) is 23.7 Å². The lowest BCUT2D eigenvalue weighted by atomic mass is 10.2. The van der Waals surface area contributed by atoms with Crippen LogP contribution in [0.3, 0.4) is 0 Å². The number of ether oxygens (including phenoxy) is 1. The molecule has 20 heavy (non-hydrogen) atoms. The van der Waals surface area contributed by atoms with Crippen molar-refractivity contribution >= 4 is 17.0 Å². The Balaban J connectivity index is 1.74. The van der Waals surface area contributed by atoms with Crippen LogP contribution in [0.5, 0.6) is 11.5 Å². The topological polar surface area (TPSA) is 21.3 Å². The lowest BCUT2D eigenvalue weighted by molar-refractivity contribution is 0.484. The van der Waals surface area contributed by atoms with E-state index in [9.17, 15) is 0 Å². The minimum Gasteiger partial charge on any atom is -0.455 e. The van der Waals surface area contributed by atoms with Gasteiger partial charge >= 0.3 is 0 Å². The van der Waals surface area contributed by atoms with Crippen molar-refractivity contribution in [1.29, 1.82) is 0 Å². The second-order valence-electron chi connectivity index (χ2n) is 4.40. The third-order valence-corrected chi connectivity index (χ3v) is 3.65. The van der Waals surface area contributed by atoms with Gasteiger partial charge in [0, 0.05) is 6.54 Å². The van der Waals surface area contributed by atoms with Crippen LogP contribution in [-0.4, -0.2) is 0 Å². The maximum absolute atomic E-state index is 5.92. The molecular weight excluding hydrogens is 266 g/mol. The van der Waals surface area contributed by atoms with Crippen LogP contribution < -0.4 is 10.1 Å². The molecule has 0 aliphatic rings. The fraction of sp³-hybridized carbons (Fsp3) is 0.0588. The predicted octanol–water partition coefficient (Wildman–Crippen LogP) is 5.15. The molecule has 0 bridgehead atoms. The summed E-state index contributed by atoms with van der Waals surface area (Å²) in [6.07, 6.45) is 0. The van der Waals surface area contributed by atoms with Crippen molar-refractivity contribution < 1.29 is 4.74 Å². The quantitative estimate of drug-likeness (QED) is 0.698. The molecule has 0 spiro atoms. The second kappa shape index (κ2) is 6.26. The standard InChI is InChI=1S/C17H15NOS/c1-2-6-15(7-3-1)19-17-9-5-4-8-16(17)18-12-14-10-11-20-13-14/h1-11,13,18H,12H2. The molecule has 1 heterocycles. The molecule has 1 aromatic heterocycles. The summed E-state index contributed by atoms with van der Waals surface area (Å²) < 4.78 is 5.92. The van der Waals surface area contributed by atoms with Crippen LogP contribution in [0.25, 0.3) is 0 Å². The van der Waals surface area contributed by atoms with E-state index >= 15 is 0 Å². The van der Waals surface area contributed by atoms with Gasteiger partial charge in [0.05, 0.1) is 5.69 Å². The first-order valence-corrected chi connectivity index (χ1v) is 7.43. The zero-order valence-corrected chi connectivity index (χ0v) is 11.8. The van der Waals surface area contributed by atoms with Crippen molar-refractivity contribution in [3.8, 4) is 11.5 Å². The number of benzene rings is 2. The average molecular weight is 281 g/mol. The molecule has 2 nitrogen and oxygen atoms in total. The van der Waals surface area contributed by atoms with E-state index in [1.54, 1.807) is 11.3 Å². The van der Waals surface area contributed by atoms with E-state index in [4.69, 9.17) is 4.74 Å². The summed E-state index contributed by atoms with van der Waals surface area (Å²) in [6.45, 7) is 0.804. The minimum absolute atomic E-state index is 0.804. The van der Waals surface area contributed by atoms with Crippen molar-refractivity contribution in [1.82, 2.24) is 0 Å². The molecule has 3 heteroatoms. The van der Waals surface area contributed by atoms with E-state index < -0.39 is 0 Å². The maximum atomic E-state index is 5.92. The highest BCUT2D eigenvalue weighted by Crippen LogP contribution is 2.29. The van der Waals surface area contributed by atoms with Crippen molar-refractivity contribution in [3.63, 3.8) is 0 Å². The normalized spacial score (nSPS) is 10.2. The lowest BCUT2D eigenvalue weighted by Crippen LogP contribution is -1.99. The number of nitrogens with one attached hydrogen (secondary N) is 1. The fourth-order valence-electron chi connectivity index (χ4n) is 1.91. The summed E-state index contributed by atoms with van der Waals surface area (Å²) in [7, 11) is 0. The molecule has 0 atom stereocenters. The van der Waals surface area contributed by atoms with Crippen molar-refractivity contribution in [2.75, 3.05) is 5.32 Å². The third kappa shape index (κ3) is 3.19. The molecule has 100 valence electrons. The number of anilines is 1. The summed E-state index contributed by atoms with van der Waals surface area (Å²) in [4.78, 5) is 0. The summed E-state index contributed by atoms with van der Waals surface area (Å²) in [5.74, 6) is 1.69. The summed E-state index contributed by atoms with van der Waals surface area (Å²) in [6, 6.07) is 19.9. The molecule has 0 aliphatic carbocycles. The third-order valence-electron chi connectivity index (χ3n) is 2.92. The lowest BCUT2D eigenvalue weighted by Gasteiger charge is -2.12. The number of para-hydroxylation sites is 3. The summed E-state index contributed by atoms with van der Waals surface area (Å²) in [5, 5.41) is 7.65. The van der Waals surface area contributed by atoms with Crippen molar-refractivity contribution in [2.24, 2.45) is 0 Å². The zero-order valence-electron chi connectivity index (χ0n) is 11.0. The average Bonchev–Trinajstić information content (AvgIpc) is 3.01. The fourth-order valence-corrected chi connectivity index (χ4v) is 2.58. The molecule has 0 aliphatic heterocycles. The van der Waals surface area contributed by atoms with E-state index in [1.165, 1.54) is 5.56 Å². The van der Waals surface area contributed by atoms with Gasteiger partial charge in [0.25, 0.3) is 0 Å². The Hall–Kier alpha value is -2.26. The largest absolute Gasteiger partial charge is 0.455 e. The molecule has 2 aromatic carbocycles. The van der Waals surface area contributed by atoms with Gasteiger partial charge in [-0.3, -0.25) is 0 Å². The van der Waals surface area contributed by atoms with Crippen LogP contribution in [0, 0.1) is 0 Å². The highest BCUT2D eigenvalue weighted by atomic mass is 32.1. The molecule has 3 rings (SSSR count). The van der Waals surface area contributed by atoms with Gasteiger partial charge < -0.3 is 10.1 Å². The van der Waals surface area contributed by atoms with Crippen LogP contribution in [0.15, 0.2) is 71.4 Å². The Kier molecular flexibility index (Phi) is 3.99. The molecular formula is C17H15NOS. The van der Waals surface area contributed by atoms with Gasteiger partial charge in [0.2, 0.25) is 0 Å². The van der Waals surface area contributed by atoms with Crippen LogP contribution >= 0.6 is 11.3 Å². The SMILES string of the molecule is c1ccc(Oc2ccccc2NCc2ccsc2)cc1. The predicted molar refractivity (Wildman–Crippen MR) is 84.6 cm³/mol. The number of rotatable bonds is 5. The van der Waals surface area contributed by atoms with Gasteiger partial charge in [-0.25, -0.2) is 0 Å². The van der Waals surface area contributed by atoms with Gasteiger partial charge in [-0.2, -0.15) is 11.3 Å². The first-order chi connectivity index (χ1) is 9.92. The Morgan fingerprint density at radius 2 is 1.70 bits per heavy atom. The molecule has 0 fully saturated rings. The Morgan fingerprint density at radius 1 is 0.900 bits per heavy atom. The van der Waals surface area contributed by atoms with E-state index in [0.29, 0.717) is 0 Å². The van der Waals surface area contributed by atoms with E-state index in [1.807, 2.05) is 54.6 Å². The first-order valence-electron chi connectivity index (χ1n) is 6.49.